The molecular weight excluding hydrogens is 258 g/mol. The molecule has 9 heteroatoms. The van der Waals surface area contributed by atoms with Gasteiger partial charge in [0, 0.05) is 6.42 Å². The van der Waals surface area contributed by atoms with Crippen molar-refractivity contribution in [2.75, 3.05) is 0 Å². The standard InChI is InChI=1S/C10H15N3O6/c1-10(2,3)18-8(16)11-5(7(14)15)4-6-12-9(17)19-13-6/h5H,4H2,1-3H3,(H,11,16)(H,14,15)(H,12,13,17). The quantitative estimate of drug-likeness (QED) is 0.696. The molecule has 0 aliphatic rings. The molecular formula is C10H15N3O6. The fraction of sp³-hybridized carbons (Fsp3) is 0.600. The van der Waals surface area contributed by atoms with Crippen LogP contribution in [0.25, 0.3) is 0 Å². The van der Waals surface area contributed by atoms with Crippen molar-refractivity contribution in [2.45, 2.75) is 38.8 Å². The normalized spacial score (nSPS) is 12.8. The van der Waals surface area contributed by atoms with E-state index in [1.807, 2.05) is 0 Å². The highest BCUT2D eigenvalue weighted by molar-refractivity contribution is 5.80. The van der Waals surface area contributed by atoms with Gasteiger partial charge in [0.1, 0.15) is 11.6 Å². The maximum absolute atomic E-state index is 11.5. The van der Waals surface area contributed by atoms with E-state index >= 15 is 0 Å². The monoisotopic (exact) mass is 273 g/mol. The van der Waals surface area contributed by atoms with Gasteiger partial charge < -0.3 is 15.2 Å². The SMILES string of the molecule is CC(C)(C)OC(=O)NC(Cc1noc(=O)[nH]1)C(=O)O. The lowest BCUT2D eigenvalue weighted by Gasteiger charge is -2.21. The summed E-state index contributed by atoms with van der Waals surface area (Å²) in [7, 11) is 0. The van der Waals surface area contributed by atoms with Crippen molar-refractivity contribution in [1.29, 1.82) is 0 Å². The first kappa shape index (κ1) is 14.7. The number of aliphatic carboxylic acids is 1. The Labute approximate surface area is 107 Å². The number of nitrogens with one attached hydrogen (secondary N) is 2. The number of carboxylic acids is 1. The van der Waals surface area contributed by atoms with E-state index in [4.69, 9.17) is 9.84 Å². The molecule has 0 saturated heterocycles. The van der Waals surface area contributed by atoms with Crippen molar-refractivity contribution in [2.24, 2.45) is 0 Å². The molecule has 0 aliphatic carbocycles. The number of ether oxygens (including phenoxy) is 1. The molecule has 1 amide bonds. The maximum Gasteiger partial charge on any atom is 0.438 e. The van der Waals surface area contributed by atoms with Gasteiger partial charge in [-0.15, -0.1) is 0 Å². The van der Waals surface area contributed by atoms with Gasteiger partial charge in [-0.2, -0.15) is 0 Å². The van der Waals surface area contributed by atoms with Gasteiger partial charge >= 0.3 is 17.8 Å². The van der Waals surface area contributed by atoms with Gasteiger partial charge in [-0.1, -0.05) is 5.16 Å². The number of rotatable bonds is 4. The average molecular weight is 273 g/mol. The number of carboxylic acid groups (broad SMARTS) is 1. The van der Waals surface area contributed by atoms with Crippen LogP contribution in [-0.4, -0.2) is 39.0 Å². The van der Waals surface area contributed by atoms with Crippen LogP contribution in [-0.2, 0) is 16.0 Å². The lowest BCUT2D eigenvalue weighted by Crippen LogP contribution is -2.44. The van der Waals surface area contributed by atoms with Crippen LogP contribution in [0.2, 0.25) is 0 Å². The minimum atomic E-state index is -1.28. The number of hydrogen-bond acceptors (Lipinski definition) is 6. The van der Waals surface area contributed by atoms with E-state index < -0.39 is 29.5 Å². The van der Waals surface area contributed by atoms with Gasteiger partial charge in [-0.25, -0.2) is 14.4 Å². The van der Waals surface area contributed by atoms with Crippen molar-refractivity contribution < 1.29 is 24.0 Å². The number of H-pyrrole nitrogens is 1. The molecule has 0 bridgehead atoms. The second-order valence-corrected chi connectivity index (χ2v) is 4.78. The number of hydrogen-bond donors (Lipinski definition) is 3. The minimum Gasteiger partial charge on any atom is -0.480 e. The number of carbonyl (C=O) groups is 2. The van der Waals surface area contributed by atoms with Crippen LogP contribution in [0.3, 0.4) is 0 Å². The van der Waals surface area contributed by atoms with Crippen LogP contribution in [0, 0.1) is 0 Å². The van der Waals surface area contributed by atoms with Crippen molar-refractivity contribution in [3.05, 3.63) is 16.4 Å². The third-order valence-corrected chi connectivity index (χ3v) is 1.87. The first-order valence-corrected chi connectivity index (χ1v) is 5.44. The van der Waals surface area contributed by atoms with Crippen LogP contribution in [0.15, 0.2) is 9.32 Å². The fourth-order valence-corrected chi connectivity index (χ4v) is 1.19. The number of alkyl carbamates (subject to hydrolysis) is 1. The molecule has 0 saturated carbocycles. The fourth-order valence-electron chi connectivity index (χ4n) is 1.19. The summed E-state index contributed by atoms with van der Waals surface area (Å²) < 4.78 is 9.16. The maximum atomic E-state index is 11.5. The lowest BCUT2D eigenvalue weighted by atomic mass is 10.2. The van der Waals surface area contributed by atoms with E-state index in [2.05, 4.69) is 20.0 Å². The summed E-state index contributed by atoms with van der Waals surface area (Å²) in [5.74, 6) is -2.06. The zero-order chi connectivity index (χ0) is 14.6. The summed E-state index contributed by atoms with van der Waals surface area (Å²) in [5, 5.41) is 14.5. The Morgan fingerprint density at radius 1 is 1.53 bits per heavy atom. The highest BCUT2D eigenvalue weighted by Crippen LogP contribution is 2.07. The molecule has 1 aromatic heterocycles. The predicted octanol–water partition coefficient (Wildman–Crippen LogP) is -0.117. The van der Waals surface area contributed by atoms with Crippen molar-refractivity contribution in [3.63, 3.8) is 0 Å². The molecule has 0 fully saturated rings. The van der Waals surface area contributed by atoms with Crippen molar-refractivity contribution in [1.82, 2.24) is 15.5 Å². The summed E-state index contributed by atoms with van der Waals surface area (Å²) in [4.78, 5) is 35.3. The Balaban J connectivity index is 2.66. The van der Waals surface area contributed by atoms with Gasteiger partial charge in [0.15, 0.2) is 5.82 Å². The van der Waals surface area contributed by atoms with E-state index in [9.17, 15) is 14.4 Å². The molecule has 1 unspecified atom stereocenters. The number of aromatic amines is 1. The molecule has 1 rings (SSSR count). The van der Waals surface area contributed by atoms with Crippen LogP contribution < -0.4 is 11.1 Å². The van der Waals surface area contributed by atoms with E-state index in [0.717, 1.165) is 0 Å². The Morgan fingerprint density at radius 3 is 2.58 bits per heavy atom. The van der Waals surface area contributed by atoms with Gasteiger partial charge in [0.05, 0.1) is 0 Å². The molecule has 0 radical (unpaired) electrons. The minimum absolute atomic E-state index is 0.0217. The Bertz CT molecular complexity index is 512. The Morgan fingerprint density at radius 2 is 2.16 bits per heavy atom. The van der Waals surface area contributed by atoms with Crippen LogP contribution in [0.1, 0.15) is 26.6 Å². The largest absolute Gasteiger partial charge is 0.480 e. The summed E-state index contributed by atoms with van der Waals surface area (Å²) in [5.41, 5.74) is -0.741. The van der Waals surface area contributed by atoms with Crippen LogP contribution >= 0.6 is 0 Å². The Hall–Kier alpha value is -2.32. The van der Waals surface area contributed by atoms with Crippen molar-refractivity contribution in [3.8, 4) is 0 Å². The van der Waals surface area contributed by atoms with Gasteiger partial charge in [0.25, 0.3) is 0 Å². The molecule has 106 valence electrons. The lowest BCUT2D eigenvalue weighted by molar-refractivity contribution is -0.139. The highest BCUT2D eigenvalue weighted by atomic mass is 16.6. The number of nitrogens with zero attached hydrogens (tertiary/aromatic N) is 1. The molecule has 1 aromatic rings. The number of amides is 1. The smallest absolute Gasteiger partial charge is 0.438 e. The zero-order valence-corrected chi connectivity index (χ0v) is 10.7. The molecule has 3 N–H and O–H groups in total. The van der Waals surface area contributed by atoms with E-state index in [1.165, 1.54) is 0 Å². The second kappa shape index (κ2) is 5.55. The molecule has 9 nitrogen and oxygen atoms in total. The molecule has 19 heavy (non-hydrogen) atoms. The van der Waals surface area contributed by atoms with Crippen LogP contribution in [0.5, 0.6) is 0 Å². The predicted molar refractivity (Wildman–Crippen MR) is 61.6 cm³/mol. The molecule has 0 spiro atoms. The molecule has 1 atom stereocenters. The van der Waals surface area contributed by atoms with E-state index in [0.29, 0.717) is 0 Å². The second-order valence-electron chi connectivity index (χ2n) is 4.78. The van der Waals surface area contributed by atoms with Gasteiger partial charge in [0.2, 0.25) is 0 Å². The topological polar surface area (TPSA) is 135 Å². The van der Waals surface area contributed by atoms with Crippen molar-refractivity contribution >= 4 is 12.1 Å². The molecule has 1 heterocycles. The Kier molecular flexibility index (Phi) is 4.30. The number of carbonyl (C=O) groups excluding carboxylic acids is 1. The van der Waals surface area contributed by atoms with Gasteiger partial charge in [-0.05, 0) is 20.8 Å². The summed E-state index contributed by atoms with van der Waals surface area (Å²) in [6.07, 6.45) is -1.09. The average Bonchev–Trinajstić information content (AvgIpc) is 2.60. The molecule has 0 aromatic carbocycles. The molecule has 0 aliphatic heterocycles. The summed E-state index contributed by atoms with van der Waals surface area (Å²) in [6.45, 7) is 4.95. The summed E-state index contributed by atoms with van der Waals surface area (Å²) in [6, 6.07) is -1.28. The zero-order valence-electron chi connectivity index (χ0n) is 10.7. The van der Waals surface area contributed by atoms with E-state index in [-0.39, 0.29) is 12.2 Å². The number of aromatic nitrogens is 2. The third-order valence-electron chi connectivity index (χ3n) is 1.87. The summed E-state index contributed by atoms with van der Waals surface area (Å²) >= 11 is 0. The first-order chi connectivity index (χ1) is 8.67. The highest BCUT2D eigenvalue weighted by Gasteiger charge is 2.25. The first-order valence-electron chi connectivity index (χ1n) is 5.44. The van der Waals surface area contributed by atoms with Crippen LogP contribution in [0.4, 0.5) is 4.79 Å². The van der Waals surface area contributed by atoms with E-state index in [1.54, 1.807) is 20.8 Å². The van der Waals surface area contributed by atoms with Gasteiger partial charge in [-0.3, -0.25) is 9.51 Å². The third kappa shape index (κ3) is 5.23.